The maximum atomic E-state index is 13.4. The Morgan fingerprint density at radius 3 is 2.59 bits per heavy atom. The van der Waals surface area contributed by atoms with E-state index in [9.17, 15) is 19.2 Å². The van der Waals surface area contributed by atoms with Gasteiger partial charge in [0.05, 0.1) is 5.52 Å². The lowest BCUT2D eigenvalue weighted by Crippen LogP contribution is -2.47. The first-order chi connectivity index (χ1) is 17.8. The molecule has 4 heterocycles. The molecule has 37 heavy (non-hydrogen) atoms. The molecule has 2 atom stereocenters. The van der Waals surface area contributed by atoms with Crippen LogP contribution < -0.4 is 26.0 Å². The van der Waals surface area contributed by atoms with Gasteiger partial charge in [0.25, 0.3) is 5.56 Å². The van der Waals surface area contributed by atoms with Crippen molar-refractivity contribution in [3.8, 4) is 11.5 Å². The molecule has 0 aliphatic carbocycles. The number of fused-ring (bicyclic) bond motifs is 2. The Bertz CT molecular complexity index is 1450. The Labute approximate surface area is 217 Å². The summed E-state index contributed by atoms with van der Waals surface area (Å²) in [4.78, 5) is 53.9. The van der Waals surface area contributed by atoms with Gasteiger partial charge in [-0.3, -0.25) is 23.5 Å². The number of nitrogens with one attached hydrogen (secondary N) is 1. The summed E-state index contributed by atoms with van der Waals surface area (Å²) in [5, 5.41) is 4.55. The molecular formula is C26H30N4O6S. The smallest absolute Gasteiger partial charge is 0.332 e. The molecule has 1 aromatic carbocycles. The fourth-order valence-corrected chi connectivity index (χ4v) is 5.98. The number of benzene rings is 1. The monoisotopic (exact) mass is 526 g/mol. The number of aromatic nitrogens is 2. The van der Waals surface area contributed by atoms with Crippen molar-refractivity contribution in [1.82, 2.24) is 19.4 Å². The van der Waals surface area contributed by atoms with E-state index in [1.165, 1.54) is 15.9 Å². The summed E-state index contributed by atoms with van der Waals surface area (Å²) >= 11 is 1.23. The number of carbonyl (C=O) groups excluding carboxylic acids is 2. The fraction of sp³-hybridized carbons (Fsp3) is 0.462. The van der Waals surface area contributed by atoms with Gasteiger partial charge in [0.15, 0.2) is 11.5 Å². The highest BCUT2D eigenvalue weighted by molar-refractivity contribution is 7.17. The first-order valence-corrected chi connectivity index (χ1v) is 13.3. The van der Waals surface area contributed by atoms with Gasteiger partial charge in [-0.1, -0.05) is 19.9 Å². The number of carbonyl (C=O) groups is 2. The van der Waals surface area contributed by atoms with E-state index in [1.807, 2.05) is 11.0 Å². The zero-order valence-electron chi connectivity index (χ0n) is 20.9. The van der Waals surface area contributed by atoms with Crippen LogP contribution in [0.2, 0.25) is 0 Å². The highest BCUT2D eigenvalue weighted by atomic mass is 32.1. The summed E-state index contributed by atoms with van der Waals surface area (Å²) in [7, 11) is 0. The standard InChI is InChI=1S/C26H30N4O6S/c1-16-9-17(2)13-28(12-16)23(32)14-30-19-6-8-37-24(19)25(33)29(26(30)34)7-5-22(31)27-11-18-3-4-20-21(10-18)36-15-35-20/h3-4,6,8,10,16-17H,5,7,9,11-15H2,1-2H3,(H,27,31). The van der Waals surface area contributed by atoms with Crippen LogP contribution in [-0.2, 0) is 29.2 Å². The summed E-state index contributed by atoms with van der Waals surface area (Å²) < 4.78 is 13.5. The Morgan fingerprint density at radius 2 is 1.81 bits per heavy atom. The molecule has 11 heteroatoms. The van der Waals surface area contributed by atoms with Gasteiger partial charge in [-0.25, -0.2) is 4.79 Å². The number of thiophene rings is 1. The molecule has 2 aromatic heterocycles. The Morgan fingerprint density at radius 1 is 1.05 bits per heavy atom. The van der Waals surface area contributed by atoms with Crippen LogP contribution in [0.4, 0.5) is 0 Å². The highest BCUT2D eigenvalue weighted by Crippen LogP contribution is 2.32. The zero-order chi connectivity index (χ0) is 26.1. The molecule has 2 aliphatic rings. The third kappa shape index (κ3) is 5.27. The lowest BCUT2D eigenvalue weighted by molar-refractivity contribution is -0.134. The van der Waals surface area contributed by atoms with Crippen molar-refractivity contribution >= 4 is 33.4 Å². The van der Waals surface area contributed by atoms with Crippen molar-refractivity contribution in [2.75, 3.05) is 19.9 Å². The second-order valence-electron chi connectivity index (χ2n) is 9.92. The minimum absolute atomic E-state index is 0.0499. The Balaban J connectivity index is 1.29. The van der Waals surface area contributed by atoms with Crippen LogP contribution in [0.15, 0.2) is 39.2 Å². The maximum absolute atomic E-state index is 13.4. The van der Waals surface area contributed by atoms with E-state index in [4.69, 9.17) is 9.47 Å². The van der Waals surface area contributed by atoms with Crippen LogP contribution in [0, 0.1) is 11.8 Å². The molecule has 196 valence electrons. The SMILES string of the molecule is CC1CC(C)CN(C(=O)Cn2c(=O)n(CCC(=O)NCc3ccc4c(c3)OCO4)c(=O)c3sccc32)C1. The fourth-order valence-electron chi connectivity index (χ4n) is 5.14. The van der Waals surface area contributed by atoms with Crippen LogP contribution in [0.1, 0.15) is 32.3 Å². The predicted octanol–water partition coefficient (Wildman–Crippen LogP) is 2.16. The van der Waals surface area contributed by atoms with Gasteiger partial charge >= 0.3 is 5.69 Å². The number of hydrogen-bond donors (Lipinski definition) is 1. The quantitative estimate of drug-likeness (QED) is 0.505. The highest BCUT2D eigenvalue weighted by Gasteiger charge is 2.27. The minimum atomic E-state index is -0.578. The molecule has 3 aromatic rings. The van der Waals surface area contributed by atoms with E-state index in [0.29, 0.717) is 46.6 Å². The second-order valence-corrected chi connectivity index (χ2v) is 10.8. The van der Waals surface area contributed by atoms with E-state index in [2.05, 4.69) is 19.2 Å². The normalized spacial score (nSPS) is 18.8. The van der Waals surface area contributed by atoms with Gasteiger partial charge in [-0.05, 0) is 47.4 Å². The molecule has 0 bridgehead atoms. The van der Waals surface area contributed by atoms with Crippen LogP contribution in [0.5, 0.6) is 11.5 Å². The predicted molar refractivity (Wildman–Crippen MR) is 139 cm³/mol. The van der Waals surface area contributed by atoms with Crippen LogP contribution in [0.25, 0.3) is 10.2 Å². The van der Waals surface area contributed by atoms with Crippen molar-refractivity contribution in [2.24, 2.45) is 11.8 Å². The average Bonchev–Trinajstić information content (AvgIpc) is 3.54. The number of nitrogens with zero attached hydrogens (tertiary/aromatic N) is 3. The van der Waals surface area contributed by atoms with E-state index < -0.39 is 11.2 Å². The van der Waals surface area contributed by atoms with Crippen molar-refractivity contribution in [3.05, 3.63) is 56.0 Å². The number of ether oxygens (including phenoxy) is 2. The van der Waals surface area contributed by atoms with E-state index in [-0.39, 0.29) is 44.7 Å². The van der Waals surface area contributed by atoms with Gasteiger partial charge in [-0.2, -0.15) is 0 Å². The van der Waals surface area contributed by atoms with Crippen molar-refractivity contribution < 1.29 is 19.1 Å². The summed E-state index contributed by atoms with van der Waals surface area (Å²) in [6, 6.07) is 7.12. The van der Waals surface area contributed by atoms with Crippen LogP contribution in [0.3, 0.4) is 0 Å². The number of rotatable bonds is 7. The summed E-state index contributed by atoms with van der Waals surface area (Å²) in [6.45, 7) is 5.80. The minimum Gasteiger partial charge on any atom is -0.454 e. The number of amides is 2. The number of hydrogen-bond acceptors (Lipinski definition) is 7. The first kappa shape index (κ1) is 25.1. The lowest BCUT2D eigenvalue weighted by atomic mass is 9.92. The topological polar surface area (TPSA) is 112 Å². The Kier molecular flexibility index (Phi) is 7.05. The van der Waals surface area contributed by atoms with Crippen molar-refractivity contribution in [2.45, 2.75) is 46.3 Å². The summed E-state index contributed by atoms with van der Waals surface area (Å²) in [6.07, 6.45) is 1.02. The van der Waals surface area contributed by atoms with Gasteiger partial charge < -0.3 is 19.7 Å². The van der Waals surface area contributed by atoms with E-state index >= 15 is 0 Å². The van der Waals surface area contributed by atoms with Gasteiger partial charge in [0.1, 0.15) is 11.2 Å². The zero-order valence-corrected chi connectivity index (χ0v) is 21.7. The largest absolute Gasteiger partial charge is 0.454 e. The number of piperidine rings is 1. The van der Waals surface area contributed by atoms with E-state index in [1.54, 1.807) is 23.6 Å². The molecule has 2 amide bonds. The molecule has 0 radical (unpaired) electrons. The first-order valence-electron chi connectivity index (χ1n) is 12.4. The van der Waals surface area contributed by atoms with Gasteiger partial charge in [0.2, 0.25) is 18.6 Å². The average molecular weight is 527 g/mol. The van der Waals surface area contributed by atoms with E-state index in [0.717, 1.165) is 16.6 Å². The van der Waals surface area contributed by atoms with Crippen LogP contribution >= 0.6 is 11.3 Å². The second kappa shape index (κ2) is 10.4. The van der Waals surface area contributed by atoms with Crippen molar-refractivity contribution in [1.29, 1.82) is 0 Å². The molecule has 1 saturated heterocycles. The molecular weight excluding hydrogens is 496 g/mol. The molecule has 0 spiro atoms. The molecule has 10 nitrogen and oxygen atoms in total. The van der Waals surface area contributed by atoms with Gasteiger partial charge in [0, 0.05) is 32.6 Å². The molecule has 2 unspecified atom stereocenters. The third-order valence-corrected chi connectivity index (χ3v) is 7.73. The third-order valence-electron chi connectivity index (χ3n) is 6.84. The summed E-state index contributed by atoms with van der Waals surface area (Å²) in [5.41, 5.74) is 0.278. The Hall–Kier alpha value is -3.60. The molecule has 2 aliphatic heterocycles. The molecule has 1 fully saturated rings. The molecule has 5 rings (SSSR count). The maximum Gasteiger partial charge on any atom is 0.332 e. The lowest BCUT2D eigenvalue weighted by Gasteiger charge is -2.35. The molecule has 0 saturated carbocycles. The van der Waals surface area contributed by atoms with Crippen molar-refractivity contribution in [3.63, 3.8) is 0 Å². The molecule has 1 N–H and O–H groups in total. The van der Waals surface area contributed by atoms with Gasteiger partial charge in [-0.15, -0.1) is 11.3 Å². The number of likely N-dealkylation sites (tertiary alicyclic amines) is 1. The van der Waals surface area contributed by atoms with Crippen LogP contribution in [-0.4, -0.2) is 45.7 Å². The summed E-state index contributed by atoms with van der Waals surface area (Å²) in [5.74, 6) is 1.66.